The number of aromatic nitrogens is 2. The predicted molar refractivity (Wildman–Crippen MR) is 136 cm³/mol. The highest BCUT2D eigenvalue weighted by Crippen LogP contribution is 2.36. The number of hydrogen-bond donors (Lipinski definition) is 2. The van der Waals surface area contributed by atoms with Gasteiger partial charge in [-0.1, -0.05) is 25.1 Å². The first-order valence-corrected chi connectivity index (χ1v) is 12.6. The number of ether oxygens (including phenoxy) is 2. The van der Waals surface area contributed by atoms with Gasteiger partial charge < -0.3 is 15.2 Å². The van der Waals surface area contributed by atoms with Gasteiger partial charge in [-0.15, -0.1) is 0 Å². The Balaban J connectivity index is 1.83. The van der Waals surface area contributed by atoms with Crippen LogP contribution in [0.2, 0.25) is 0 Å². The fourth-order valence-electron chi connectivity index (χ4n) is 3.77. The maximum absolute atomic E-state index is 13.3. The highest BCUT2D eigenvalue weighted by Gasteiger charge is 2.24. The number of nitrogens with two attached hydrogens (primary N) is 1. The van der Waals surface area contributed by atoms with Gasteiger partial charge in [0.05, 0.1) is 28.9 Å². The number of anilines is 1. The molecule has 0 aliphatic carbocycles. The molecule has 1 amide bonds. The molecule has 4 rings (SSSR count). The van der Waals surface area contributed by atoms with Crippen LogP contribution in [0.25, 0.3) is 11.0 Å². The second-order valence-electron chi connectivity index (χ2n) is 8.13. The van der Waals surface area contributed by atoms with Crippen molar-refractivity contribution in [2.75, 3.05) is 11.3 Å². The lowest BCUT2D eigenvalue weighted by molar-refractivity contribution is 0.0997. The molecule has 0 aliphatic heterocycles. The Morgan fingerprint density at radius 1 is 0.972 bits per heavy atom. The second-order valence-corrected chi connectivity index (χ2v) is 9.78. The molecule has 0 fully saturated rings. The maximum atomic E-state index is 13.3. The quantitative estimate of drug-likeness (QED) is 0.355. The van der Waals surface area contributed by atoms with E-state index in [1.807, 2.05) is 6.92 Å². The zero-order chi connectivity index (χ0) is 26.0. The fourth-order valence-corrected chi connectivity index (χ4v) is 5.04. The van der Waals surface area contributed by atoms with E-state index in [0.717, 1.165) is 6.42 Å². The van der Waals surface area contributed by atoms with Crippen LogP contribution in [0.4, 0.5) is 5.69 Å². The minimum Gasteiger partial charge on any atom is -0.493 e. The van der Waals surface area contributed by atoms with Gasteiger partial charge in [0, 0.05) is 26.2 Å². The van der Waals surface area contributed by atoms with Crippen molar-refractivity contribution in [3.05, 3.63) is 76.7 Å². The van der Waals surface area contributed by atoms with Gasteiger partial charge in [0.25, 0.3) is 10.0 Å². The number of hydrogen-bond acceptors (Lipinski definition) is 6. The molecule has 0 unspecified atom stereocenters. The lowest BCUT2D eigenvalue weighted by Gasteiger charge is -2.16. The molecule has 0 saturated heterocycles. The summed E-state index contributed by atoms with van der Waals surface area (Å²) in [5.41, 5.74) is 6.04. The van der Waals surface area contributed by atoms with Crippen LogP contribution >= 0.6 is 0 Å². The van der Waals surface area contributed by atoms with Crippen molar-refractivity contribution < 1.29 is 22.7 Å². The van der Waals surface area contributed by atoms with E-state index in [2.05, 4.69) is 4.72 Å². The molecule has 1 aromatic heterocycles. The summed E-state index contributed by atoms with van der Waals surface area (Å²) in [6.07, 6.45) is 0.836. The number of aryl methyl sites for hydroxylation is 2. The smallest absolute Gasteiger partial charge is 0.328 e. The average Bonchev–Trinajstić information content (AvgIpc) is 3.06. The second kappa shape index (κ2) is 9.78. The van der Waals surface area contributed by atoms with E-state index in [1.165, 1.54) is 39.5 Å². The van der Waals surface area contributed by atoms with Crippen LogP contribution in [0.1, 0.15) is 23.7 Å². The molecule has 3 aromatic carbocycles. The topological polar surface area (TPSA) is 135 Å². The Morgan fingerprint density at radius 2 is 1.64 bits per heavy atom. The largest absolute Gasteiger partial charge is 0.493 e. The molecule has 0 radical (unpaired) electrons. The molecule has 0 bridgehead atoms. The minimum atomic E-state index is -4.26. The number of fused-ring (bicyclic) bond motifs is 1. The molecule has 188 valence electrons. The van der Waals surface area contributed by atoms with Crippen LogP contribution in [-0.4, -0.2) is 30.1 Å². The van der Waals surface area contributed by atoms with Gasteiger partial charge in [-0.05, 0) is 36.8 Å². The molecule has 0 saturated carbocycles. The Kier molecular flexibility index (Phi) is 6.75. The van der Waals surface area contributed by atoms with E-state index in [0.29, 0.717) is 29.1 Å². The van der Waals surface area contributed by atoms with Crippen LogP contribution in [0.5, 0.6) is 17.2 Å². The molecule has 3 N–H and O–H groups in total. The number of benzene rings is 3. The first-order chi connectivity index (χ1) is 17.1. The van der Waals surface area contributed by atoms with E-state index < -0.39 is 15.9 Å². The zero-order valence-corrected chi connectivity index (χ0v) is 20.8. The van der Waals surface area contributed by atoms with Crippen molar-refractivity contribution in [3.8, 4) is 17.2 Å². The third-order valence-corrected chi connectivity index (χ3v) is 6.99. The molecule has 36 heavy (non-hydrogen) atoms. The number of carbonyl (C=O) groups is 1. The number of imidazole rings is 1. The number of nitrogens with one attached hydrogen (secondary N) is 1. The third-order valence-electron chi connectivity index (χ3n) is 5.57. The van der Waals surface area contributed by atoms with Gasteiger partial charge in [0.1, 0.15) is 16.4 Å². The monoisotopic (exact) mass is 510 g/mol. The Hall–Kier alpha value is -4.25. The lowest BCUT2D eigenvalue weighted by Crippen LogP contribution is -2.20. The van der Waals surface area contributed by atoms with Crippen molar-refractivity contribution in [1.82, 2.24) is 9.13 Å². The van der Waals surface area contributed by atoms with E-state index in [9.17, 15) is 18.0 Å². The summed E-state index contributed by atoms with van der Waals surface area (Å²) in [6.45, 7) is 2.53. The van der Waals surface area contributed by atoms with E-state index in [4.69, 9.17) is 15.2 Å². The standard InChI is InChI=1S/C25H26N4O6S/c1-4-12-34-16-8-7-9-17(13-16)35-22-15-21-20(28(2)25(31)29(21)3)14-19(22)27-36(32,33)23-11-6-5-10-18(23)24(26)30/h5-11,13-15,27H,4,12H2,1-3H3,(H2,26,30). The van der Waals surface area contributed by atoms with Crippen molar-refractivity contribution in [1.29, 1.82) is 0 Å². The SMILES string of the molecule is CCCOc1cccc(Oc2cc3c(cc2NS(=O)(=O)c2ccccc2C(N)=O)n(C)c(=O)n3C)c1. The van der Waals surface area contributed by atoms with Crippen molar-refractivity contribution in [2.24, 2.45) is 19.8 Å². The average molecular weight is 511 g/mol. The van der Waals surface area contributed by atoms with E-state index in [1.54, 1.807) is 44.4 Å². The van der Waals surface area contributed by atoms with E-state index in [-0.39, 0.29) is 27.6 Å². The number of rotatable bonds is 9. The summed E-state index contributed by atoms with van der Waals surface area (Å²) in [5.74, 6) is 0.274. The van der Waals surface area contributed by atoms with Crippen LogP contribution in [-0.2, 0) is 24.1 Å². The van der Waals surface area contributed by atoms with E-state index >= 15 is 0 Å². The summed E-state index contributed by atoms with van der Waals surface area (Å²) in [5, 5.41) is 0. The third kappa shape index (κ3) is 4.78. The molecule has 11 heteroatoms. The normalized spacial score (nSPS) is 11.4. The van der Waals surface area contributed by atoms with Gasteiger partial charge in [0.15, 0.2) is 5.75 Å². The maximum Gasteiger partial charge on any atom is 0.328 e. The zero-order valence-electron chi connectivity index (χ0n) is 20.0. The molecule has 0 atom stereocenters. The van der Waals surface area contributed by atoms with Gasteiger partial charge in [-0.3, -0.25) is 18.7 Å². The van der Waals surface area contributed by atoms with Crippen LogP contribution < -0.4 is 25.6 Å². The van der Waals surface area contributed by atoms with Gasteiger partial charge >= 0.3 is 5.69 Å². The molecule has 10 nitrogen and oxygen atoms in total. The molecule has 0 aliphatic rings. The number of nitrogens with zero attached hydrogens (tertiary/aromatic N) is 2. The molecule has 0 spiro atoms. The minimum absolute atomic E-state index is 0.0721. The fraction of sp³-hybridized carbons (Fsp3) is 0.200. The Labute approximate surface area is 207 Å². The van der Waals surface area contributed by atoms with Gasteiger partial charge in [0.2, 0.25) is 5.91 Å². The molecular weight excluding hydrogens is 484 g/mol. The molecular formula is C25H26N4O6S. The lowest BCUT2D eigenvalue weighted by atomic mass is 10.2. The van der Waals surface area contributed by atoms with Crippen molar-refractivity contribution >= 4 is 32.7 Å². The summed E-state index contributed by atoms with van der Waals surface area (Å²) in [4.78, 5) is 24.1. The number of amides is 1. The summed E-state index contributed by atoms with van der Waals surface area (Å²) in [6, 6.07) is 15.6. The van der Waals surface area contributed by atoms with Gasteiger partial charge in [-0.25, -0.2) is 13.2 Å². The first kappa shape index (κ1) is 24.9. The highest BCUT2D eigenvalue weighted by molar-refractivity contribution is 7.92. The Bertz CT molecular complexity index is 1620. The summed E-state index contributed by atoms with van der Waals surface area (Å²) < 4.78 is 43.7. The summed E-state index contributed by atoms with van der Waals surface area (Å²) >= 11 is 0. The number of carbonyl (C=O) groups excluding carboxylic acids is 1. The number of sulfonamides is 1. The highest BCUT2D eigenvalue weighted by atomic mass is 32.2. The molecule has 1 heterocycles. The predicted octanol–water partition coefficient (Wildman–Crippen LogP) is 3.36. The summed E-state index contributed by atoms with van der Waals surface area (Å²) in [7, 11) is -1.06. The van der Waals surface area contributed by atoms with Gasteiger partial charge in [-0.2, -0.15) is 0 Å². The van der Waals surface area contributed by atoms with Crippen LogP contribution in [0.15, 0.2) is 70.4 Å². The van der Waals surface area contributed by atoms with Crippen LogP contribution in [0.3, 0.4) is 0 Å². The number of primary amides is 1. The van der Waals surface area contributed by atoms with Crippen molar-refractivity contribution in [3.63, 3.8) is 0 Å². The Morgan fingerprint density at radius 3 is 2.33 bits per heavy atom. The first-order valence-electron chi connectivity index (χ1n) is 11.1. The van der Waals surface area contributed by atoms with Crippen LogP contribution in [0, 0.1) is 0 Å². The molecule has 4 aromatic rings. The van der Waals surface area contributed by atoms with Crippen molar-refractivity contribution in [2.45, 2.75) is 18.2 Å².